The fourth-order valence-electron chi connectivity index (χ4n) is 1.88. The lowest BCUT2D eigenvalue weighted by molar-refractivity contribution is 0.355. The van der Waals surface area contributed by atoms with Crippen molar-refractivity contribution in [3.05, 3.63) is 29.3 Å². The molecule has 1 rings (SSSR count). The normalized spacial score (nSPS) is 12.4. The zero-order valence-electron chi connectivity index (χ0n) is 12.0. The molecule has 3 nitrogen and oxygen atoms in total. The third-order valence-electron chi connectivity index (χ3n) is 3.17. The molecule has 108 valence electrons. The van der Waals surface area contributed by atoms with Crippen LogP contribution in [0.5, 0.6) is 0 Å². The molecular weight excluding hydrogens is 326 g/mol. The van der Waals surface area contributed by atoms with Crippen molar-refractivity contribution >= 4 is 26.0 Å². The van der Waals surface area contributed by atoms with Crippen LogP contribution in [0.4, 0.5) is 0 Å². The number of halogens is 1. The minimum absolute atomic E-state index is 0.0364. The molecule has 0 saturated heterocycles. The van der Waals surface area contributed by atoms with Gasteiger partial charge in [-0.05, 0) is 57.4 Å². The highest BCUT2D eigenvalue weighted by Crippen LogP contribution is 2.21. The molecule has 0 spiro atoms. The molecule has 0 atom stereocenters. The maximum Gasteiger partial charge on any atom is 0.243 e. The summed E-state index contributed by atoms with van der Waals surface area (Å²) in [7, 11) is -3.40. The fraction of sp³-hybridized carbons (Fsp3) is 0.571. The molecule has 0 aliphatic carbocycles. The van der Waals surface area contributed by atoms with E-state index in [0.717, 1.165) is 22.9 Å². The molecule has 19 heavy (non-hydrogen) atoms. The van der Waals surface area contributed by atoms with Crippen molar-refractivity contribution in [2.45, 2.75) is 45.1 Å². The van der Waals surface area contributed by atoms with Crippen LogP contribution < -0.4 is 0 Å². The van der Waals surface area contributed by atoms with Gasteiger partial charge in [-0.1, -0.05) is 22.0 Å². The standard InChI is InChI=1S/C14H22BrNO2S/c1-11(2)16(9-5-8-15)19(17,18)14-7-6-12(3)13(4)10-14/h6-7,10-11H,5,8-9H2,1-4H3. The minimum atomic E-state index is -3.40. The van der Waals surface area contributed by atoms with Crippen molar-refractivity contribution in [2.75, 3.05) is 11.9 Å². The Morgan fingerprint density at radius 2 is 1.84 bits per heavy atom. The highest BCUT2D eigenvalue weighted by atomic mass is 79.9. The van der Waals surface area contributed by atoms with Crippen LogP contribution in [0, 0.1) is 13.8 Å². The Hall–Kier alpha value is -0.390. The molecule has 0 aliphatic heterocycles. The quantitative estimate of drug-likeness (QED) is 0.738. The largest absolute Gasteiger partial charge is 0.243 e. The van der Waals surface area contributed by atoms with Gasteiger partial charge in [-0.2, -0.15) is 4.31 Å². The summed E-state index contributed by atoms with van der Waals surface area (Å²) >= 11 is 3.35. The third kappa shape index (κ3) is 4.04. The van der Waals surface area contributed by atoms with Gasteiger partial charge >= 0.3 is 0 Å². The van der Waals surface area contributed by atoms with Crippen molar-refractivity contribution in [1.29, 1.82) is 0 Å². The maximum atomic E-state index is 12.7. The van der Waals surface area contributed by atoms with E-state index >= 15 is 0 Å². The van der Waals surface area contributed by atoms with Gasteiger partial charge < -0.3 is 0 Å². The Morgan fingerprint density at radius 1 is 1.21 bits per heavy atom. The summed E-state index contributed by atoms with van der Waals surface area (Å²) < 4.78 is 26.9. The highest BCUT2D eigenvalue weighted by molar-refractivity contribution is 9.09. The van der Waals surface area contributed by atoms with Crippen molar-refractivity contribution in [1.82, 2.24) is 4.31 Å². The van der Waals surface area contributed by atoms with Crippen LogP contribution in [0.25, 0.3) is 0 Å². The average Bonchev–Trinajstić information content (AvgIpc) is 2.32. The van der Waals surface area contributed by atoms with Gasteiger partial charge in [0, 0.05) is 17.9 Å². The molecule has 1 aromatic rings. The van der Waals surface area contributed by atoms with Crippen molar-refractivity contribution < 1.29 is 8.42 Å². The first-order valence-corrected chi connectivity index (χ1v) is 9.02. The van der Waals surface area contributed by atoms with Crippen LogP contribution in [0.2, 0.25) is 0 Å². The molecule has 0 unspecified atom stereocenters. The van der Waals surface area contributed by atoms with Crippen molar-refractivity contribution in [3.63, 3.8) is 0 Å². The Kier molecular flexibility index (Phi) is 6.02. The number of rotatable bonds is 6. The number of benzene rings is 1. The predicted octanol–water partition coefficient (Wildman–Crippen LogP) is 3.49. The first-order valence-electron chi connectivity index (χ1n) is 6.45. The van der Waals surface area contributed by atoms with Crippen molar-refractivity contribution in [2.24, 2.45) is 0 Å². The summed E-state index contributed by atoms with van der Waals surface area (Å²) in [5.41, 5.74) is 2.11. The Morgan fingerprint density at radius 3 is 2.32 bits per heavy atom. The number of hydrogen-bond acceptors (Lipinski definition) is 2. The fourth-order valence-corrected chi connectivity index (χ4v) is 3.89. The molecule has 0 aromatic heterocycles. The van der Waals surface area contributed by atoms with Gasteiger partial charge in [-0.25, -0.2) is 8.42 Å². The predicted molar refractivity (Wildman–Crippen MR) is 83.4 cm³/mol. The van der Waals surface area contributed by atoms with Gasteiger partial charge in [0.2, 0.25) is 10.0 Å². The number of alkyl halides is 1. The lowest BCUT2D eigenvalue weighted by Crippen LogP contribution is -2.37. The first-order chi connectivity index (χ1) is 8.80. The maximum absolute atomic E-state index is 12.7. The Labute approximate surface area is 125 Å². The Bertz CT molecular complexity index is 526. The topological polar surface area (TPSA) is 37.4 Å². The van der Waals surface area contributed by atoms with Crippen LogP contribution in [0.1, 0.15) is 31.4 Å². The number of aryl methyl sites for hydroxylation is 2. The molecule has 0 fully saturated rings. The highest BCUT2D eigenvalue weighted by Gasteiger charge is 2.26. The summed E-state index contributed by atoms with van der Waals surface area (Å²) in [5.74, 6) is 0. The van der Waals surface area contributed by atoms with E-state index < -0.39 is 10.0 Å². The lowest BCUT2D eigenvalue weighted by atomic mass is 10.1. The lowest BCUT2D eigenvalue weighted by Gasteiger charge is -2.26. The van der Waals surface area contributed by atoms with E-state index in [4.69, 9.17) is 0 Å². The molecule has 0 amide bonds. The summed E-state index contributed by atoms with van der Waals surface area (Å²) in [6.45, 7) is 8.28. The molecule has 1 aromatic carbocycles. The second kappa shape index (κ2) is 6.86. The number of hydrogen-bond donors (Lipinski definition) is 0. The second-order valence-corrected chi connectivity index (χ2v) is 7.68. The summed E-state index contributed by atoms with van der Waals surface area (Å²) in [5, 5.41) is 0.804. The van der Waals surface area contributed by atoms with Crippen LogP contribution in [-0.4, -0.2) is 30.6 Å². The molecule has 0 saturated carbocycles. The molecule has 5 heteroatoms. The monoisotopic (exact) mass is 347 g/mol. The number of sulfonamides is 1. The van der Waals surface area contributed by atoms with E-state index in [1.165, 1.54) is 0 Å². The summed E-state index contributed by atoms with van der Waals surface area (Å²) in [6.07, 6.45) is 0.808. The smallest absolute Gasteiger partial charge is 0.207 e. The molecule has 0 aliphatic rings. The van der Waals surface area contributed by atoms with Gasteiger partial charge in [0.05, 0.1) is 4.90 Å². The molecule has 0 bridgehead atoms. The summed E-state index contributed by atoms with van der Waals surface area (Å²) in [4.78, 5) is 0.388. The SMILES string of the molecule is Cc1ccc(S(=O)(=O)N(CCCBr)C(C)C)cc1C. The molecule has 0 radical (unpaired) electrons. The zero-order chi connectivity index (χ0) is 14.6. The van der Waals surface area contributed by atoms with E-state index in [1.807, 2.05) is 33.8 Å². The van der Waals surface area contributed by atoms with E-state index in [-0.39, 0.29) is 6.04 Å². The van der Waals surface area contributed by atoms with E-state index in [9.17, 15) is 8.42 Å². The van der Waals surface area contributed by atoms with E-state index in [0.29, 0.717) is 11.4 Å². The van der Waals surface area contributed by atoms with E-state index in [1.54, 1.807) is 16.4 Å². The first kappa shape index (κ1) is 16.7. The van der Waals surface area contributed by atoms with Crippen LogP contribution in [0.3, 0.4) is 0 Å². The van der Waals surface area contributed by atoms with Gasteiger partial charge in [-0.3, -0.25) is 0 Å². The zero-order valence-corrected chi connectivity index (χ0v) is 14.4. The van der Waals surface area contributed by atoms with Crippen LogP contribution in [0.15, 0.2) is 23.1 Å². The third-order valence-corrected chi connectivity index (χ3v) is 5.81. The van der Waals surface area contributed by atoms with Crippen LogP contribution >= 0.6 is 15.9 Å². The molecular formula is C14H22BrNO2S. The summed E-state index contributed by atoms with van der Waals surface area (Å²) in [6, 6.07) is 5.28. The van der Waals surface area contributed by atoms with Crippen molar-refractivity contribution in [3.8, 4) is 0 Å². The average molecular weight is 348 g/mol. The number of nitrogens with zero attached hydrogens (tertiary/aromatic N) is 1. The van der Waals surface area contributed by atoms with E-state index in [2.05, 4.69) is 15.9 Å². The molecule has 0 heterocycles. The molecule has 0 N–H and O–H groups in total. The van der Waals surface area contributed by atoms with Gasteiger partial charge in [0.1, 0.15) is 0 Å². The minimum Gasteiger partial charge on any atom is -0.207 e. The van der Waals surface area contributed by atoms with Gasteiger partial charge in [0.15, 0.2) is 0 Å². The Balaban J connectivity index is 3.15. The van der Waals surface area contributed by atoms with Crippen LogP contribution in [-0.2, 0) is 10.0 Å². The van der Waals surface area contributed by atoms with Gasteiger partial charge in [-0.15, -0.1) is 0 Å². The second-order valence-electron chi connectivity index (χ2n) is 5.00. The van der Waals surface area contributed by atoms with Gasteiger partial charge in [0.25, 0.3) is 0 Å².